The van der Waals surface area contributed by atoms with Crippen LogP contribution in [0.15, 0.2) is 11.0 Å². The molecular formula is C14H24N2O2S2. The van der Waals surface area contributed by atoms with E-state index in [1.165, 1.54) is 0 Å². The molecule has 114 valence electrons. The number of nitrogens with zero attached hydrogens (tertiary/aromatic N) is 1. The Morgan fingerprint density at radius 2 is 2.05 bits per heavy atom. The third-order valence-corrected chi connectivity index (χ3v) is 7.14. The van der Waals surface area contributed by atoms with Crippen LogP contribution in [0, 0.1) is 13.8 Å². The van der Waals surface area contributed by atoms with Crippen molar-refractivity contribution < 1.29 is 8.42 Å². The van der Waals surface area contributed by atoms with E-state index in [2.05, 4.69) is 12.2 Å². The van der Waals surface area contributed by atoms with Gasteiger partial charge in [-0.05, 0) is 32.8 Å². The van der Waals surface area contributed by atoms with Crippen molar-refractivity contribution in [2.24, 2.45) is 0 Å². The van der Waals surface area contributed by atoms with Crippen LogP contribution in [0.2, 0.25) is 0 Å². The summed E-state index contributed by atoms with van der Waals surface area (Å²) in [7, 11) is -3.37. The average Bonchev–Trinajstić information content (AvgIpc) is 2.77. The molecule has 2 atom stereocenters. The highest BCUT2D eigenvalue weighted by molar-refractivity contribution is 7.89. The highest BCUT2D eigenvalue weighted by atomic mass is 32.2. The molecule has 1 aromatic heterocycles. The molecule has 1 aliphatic heterocycles. The van der Waals surface area contributed by atoms with Crippen molar-refractivity contribution >= 4 is 21.4 Å². The number of aryl methyl sites for hydroxylation is 2. The Kier molecular flexibility index (Phi) is 4.89. The molecule has 2 rings (SSSR count). The van der Waals surface area contributed by atoms with Gasteiger partial charge in [-0.1, -0.05) is 13.8 Å². The first-order valence-corrected chi connectivity index (χ1v) is 9.48. The fraction of sp³-hybridized carbons (Fsp3) is 0.714. The summed E-state index contributed by atoms with van der Waals surface area (Å²) in [6.07, 6.45) is 1.79. The first-order valence-electron chi connectivity index (χ1n) is 7.22. The Hall–Kier alpha value is -0.430. The molecule has 0 aromatic carbocycles. The molecule has 0 bridgehead atoms. The molecule has 0 radical (unpaired) electrons. The highest BCUT2D eigenvalue weighted by Crippen LogP contribution is 2.30. The van der Waals surface area contributed by atoms with Gasteiger partial charge in [-0.25, -0.2) is 8.42 Å². The molecule has 1 saturated heterocycles. The van der Waals surface area contributed by atoms with E-state index in [1.54, 1.807) is 15.6 Å². The van der Waals surface area contributed by atoms with Crippen molar-refractivity contribution in [1.82, 2.24) is 9.62 Å². The summed E-state index contributed by atoms with van der Waals surface area (Å²) < 4.78 is 27.6. The van der Waals surface area contributed by atoms with E-state index in [4.69, 9.17) is 0 Å². The summed E-state index contributed by atoms with van der Waals surface area (Å²) in [5.74, 6) is 0. The molecule has 0 spiro atoms. The SMILES string of the molecule is CCC1CN(S(=O)(=O)c2cc(C)sc2C)C(CC)CN1. The van der Waals surface area contributed by atoms with Gasteiger partial charge >= 0.3 is 0 Å². The summed E-state index contributed by atoms with van der Waals surface area (Å²) in [5, 5.41) is 3.44. The van der Waals surface area contributed by atoms with Gasteiger partial charge in [-0.15, -0.1) is 11.3 Å². The predicted octanol–water partition coefficient (Wildman–Crippen LogP) is 2.52. The van der Waals surface area contributed by atoms with Crippen LogP contribution in [0.25, 0.3) is 0 Å². The number of sulfonamides is 1. The van der Waals surface area contributed by atoms with Crippen molar-refractivity contribution in [3.63, 3.8) is 0 Å². The van der Waals surface area contributed by atoms with Crippen molar-refractivity contribution in [3.05, 3.63) is 15.8 Å². The third kappa shape index (κ3) is 2.93. The van der Waals surface area contributed by atoms with Crippen LogP contribution in [0.4, 0.5) is 0 Å². The molecule has 0 amide bonds. The van der Waals surface area contributed by atoms with Crippen LogP contribution in [-0.2, 0) is 10.0 Å². The zero-order valence-corrected chi connectivity index (χ0v) is 14.3. The second-order valence-electron chi connectivity index (χ2n) is 5.43. The second kappa shape index (κ2) is 6.13. The van der Waals surface area contributed by atoms with Gasteiger partial charge in [-0.3, -0.25) is 0 Å². The molecule has 2 unspecified atom stereocenters. The summed E-state index contributed by atoms with van der Waals surface area (Å²) in [6.45, 7) is 9.31. The van der Waals surface area contributed by atoms with Crippen LogP contribution in [-0.4, -0.2) is 37.9 Å². The highest BCUT2D eigenvalue weighted by Gasteiger charge is 2.36. The summed E-state index contributed by atoms with van der Waals surface area (Å²) in [5.41, 5.74) is 0. The van der Waals surface area contributed by atoms with Gasteiger partial charge in [0.2, 0.25) is 10.0 Å². The van der Waals surface area contributed by atoms with Gasteiger partial charge in [0.15, 0.2) is 0 Å². The lowest BCUT2D eigenvalue weighted by atomic mass is 10.1. The molecule has 4 nitrogen and oxygen atoms in total. The van der Waals surface area contributed by atoms with E-state index in [0.717, 1.165) is 29.1 Å². The molecule has 1 N–H and O–H groups in total. The minimum Gasteiger partial charge on any atom is -0.311 e. The van der Waals surface area contributed by atoms with Gasteiger partial charge in [0.05, 0.1) is 4.90 Å². The van der Waals surface area contributed by atoms with Crippen molar-refractivity contribution in [2.75, 3.05) is 13.1 Å². The Labute approximate surface area is 126 Å². The molecule has 6 heteroatoms. The van der Waals surface area contributed by atoms with E-state index >= 15 is 0 Å². The number of thiophene rings is 1. The molecule has 1 aromatic rings. The van der Waals surface area contributed by atoms with Crippen LogP contribution in [0.5, 0.6) is 0 Å². The topological polar surface area (TPSA) is 49.4 Å². The van der Waals surface area contributed by atoms with Crippen molar-refractivity contribution in [1.29, 1.82) is 0 Å². The van der Waals surface area contributed by atoms with Crippen LogP contribution in [0.3, 0.4) is 0 Å². The van der Waals surface area contributed by atoms with Crippen LogP contribution < -0.4 is 5.32 Å². The fourth-order valence-electron chi connectivity index (χ4n) is 2.74. The molecule has 0 saturated carbocycles. The Balaban J connectivity index is 2.37. The minimum atomic E-state index is -3.37. The van der Waals surface area contributed by atoms with Crippen LogP contribution >= 0.6 is 11.3 Å². The van der Waals surface area contributed by atoms with Crippen LogP contribution in [0.1, 0.15) is 36.4 Å². The number of piperazine rings is 1. The summed E-state index contributed by atoms with van der Waals surface area (Å²) in [4.78, 5) is 2.44. The lowest BCUT2D eigenvalue weighted by Gasteiger charge is -2.38. The van der Waals surface area contributed by atoms with E-state index < -0.39 is 10.0 Å². The number of nitrogens with one attached hydrogen (secondary N) is 1. The zero-order valence-electron chi connectivity index (χ0n) is 12.6. The van der Waals surface area contributed by atoms with Gasteiger partial charge in [0, 0.05) is 34.9 Å². The summed E-state index contributed by atoms with van der Waals surface area (Å²) in [6, 6.07) is 2.13. The molecule has 0 aliphatic carbocycles. The zero-order chi connectivity index (χ0) is 14.9. The van der Waals surface area contributed by atoms with E-state index in [-0.39, 0.29) is 12.1 Å². The monoisotopic (exact) mass is 316 g/mol. The predicted molar refractivity (Wildman–Crippen MR) is 83.8 cm³/mol. The second-order valence-corrected chi connectivity index (χ2v) is 8.75. The molecule has 1 fully saturated rings. The maximum Gasteiger partial charge on any atom is 0.244 e. The standard InChI is InChI=1S/C14H24N2O2S2/c1-5-12-9-16(13(6-2)8-15-12)20(17,18)14-7-10(3)19-11(14)4/h7,12-13,15H,5-6,8-9H2,1-4H3. The number of rotatable bonds is 4. The van der Waals surface area contributed by atoms with Gasteiger partial charge in [-0.2, -0.15) is 4.31 Å². The smallest absolute Gasteiger partial charge is 0.244 e. The molecular weight excluding hydrogens is 292 g/mol. The first-order chi connectivity index (χ1) is 9.40. The maximum atomic E-state index is 13.0. The van der Waals surface area contributed by atoms with Crippen molar-refractivity contribution in [2.45, 2.75) is 57.5 Å². The van der Waals surface area contributed by atoms with Gasteiger partial charge < -0.3 is 5.32 Å². The van der Waals surface area contributed by atoms with E-state index in [1.807, 2.05) is 26.8 Å². The number of hydrogen-bond donors (Lipinski definition) is 1. The normalized spacial score (nSPS) is 25.0. The molecule has 20 heavy (non-hydrogen) atoms. The lowest BCUT2D eigenvalue weighted by molar-refractivity contribution is 0.215. The quantitative estimate of drug-likeness (QED) is 0.928. The third-order valence-electron chi connectivity index (χ3n) is 4.00. The largest absolute Gasteiger partial charge is 0.311 e. The van der Waals surface area contributed by atoms with Gasteiger partial charge in [0.1, 0.15) is 0 Å². The fourth-order valence-corrected chi connectivity index (χ4v) is 6.01. The minimum absolute atomic E-state index is 0.0578. The average molecular weight is 316 g/mol. The first kappa shape index (κ1) is 15.9. The van der Waals surface area contributed by atoms with Gasteiger partial charge in [0.25, 0.3) is 0 Å². The van der Waals surface area contributed by atoms with Crippen molar-refractivity contribution in [3.8, 4) is 0 Å². The summed E-state index contributed by atoms with van der Waals surface area (Å²) >= 11 is 1.55. The maximum absolute atomic E-state index is 13.0. The number of hydrogen-bond acceptors (Lipinski definition) is 4. The Bertz CT molecular complexity index is 566. The lowest BCUT2D eigenvalue weighted by Crippen LogP contribution is -2.57. The van der Waals surface area contributed by atoms with E-state index in [0.29, 0.717) is 11.4 Å². The Morgan fingerprint density at radius 1 is 1.35 bits per heavy atom. The van der Waals surface area contributed by atoms with E-state index in [9.17, 15) is 8.42 Å². The molecule has 1 aliphatic rings. The molecule has 2 heterocycles. The Morgan fingerprint density at radius 3 is 2.55 bits per heavy atom.